The number of carbonyl (C=O) groups excluding carboxylic acids is 1. The second-order valence-corrected chi connectivity index (χ2v) is 7.03. The number of Topliss-reactive ketones (excluding diaryl/α,β-unsaturated/α-hetero) is 1. The average Bonchev–Trinajstić information content (AvgIpc) is 2.53. The van der Waals surface area contributed by atoms with Gasteiger partial charge in [-0.05, 0) is 43.4 Å². The molecule has 1 aromatic carbocycles. The summed E-state index contributed by atoms with van der Waals surface area (Å²) in [6.45, 7) is 0.877. The predicted octanol–water partition coefficient (Wildman–Crippen LogP) is 1.55. The minimum atomic E-state index is -0.315. The molecule has 1 heterocycles. The highest BCUT2D eigenvalue weighted by molar-refractivity contribution is 5.86. The van der Waals surface area contributed by atoms with Crippen LogP contribution in [-0.2, 0) is 21.4 Å². The van der Waals surface area contributed by atoms with Crippen molar-refractivity contribution in [1.29, 1.82) is 0 Å². The Bertz CT molecular complexity index is 659. The summed E-state index contributed by atoms with van der Waals surface area (Å²) >= 11 is 0. The van der Waals surface area contributed by atoms with Gasteiger partial charge in [-0.2, -0.15) is 0 Å². The smallest absolute Gasteiger partial charge is 0.162 e. The van der Waals surface area contributed by atoms with Crippen molar-refractivity contribution < 1.29 is 19.4 Å². The van der Waals surface area contributed by atoms with Crippen LogP contribution in [0.1, 0.15) is 30.4 Å². The molecule has 2 N–H and O–H groups in total. The van der Waals surface area contributed by atoms with Gasteiger partial charge in [-0.3, -0.25) is 4.79 Å². The van der Waals surface area contributed by atoms with E-state index in [9.17, 15) is 9.90 Å². The second kappa shape index (κ2) is 5.21. The maximum Gasteiger partial charge on any atom is 0.162 e. The molecule has 1 saturated carbocycles. The third kappa shape index (κ3) is 1.96. The van der Waals surface area contributed by atoms with Crippen LogP contribution in [0.3, 0.4) is 0 Å². The minimum Gasteiger partial charge on any atom is -0.504 e. The first kappa shape index (κ1) is 15.0. The Hall–Kier alpha value is -1.59. The van der Waals surface area contributed by atoms with Gasteiger partial charge in [0.25, 0.3) is 0 Å². The summed E-state index contributed by atoms with van der Waals surface area (Å²) in [5.74, 6) is 1.18. The normalized spacial score (nSPS) is 35.4. The number of methoxy groups -OCH3 is 2. The van der Waals surface area contributed by atoms with Crippen LogP contribution >= 0.6 is 0 Å². The minimum absolute atomic E-state index is 0.152. The van der Waals surface area contributed by atoms with E-state index < -0.39 is 0 Å². The van der Waals surface area contributed by atoms with E-state index in [2.05, 4.69) is 5.32 Å². The Balaban J connectivity index is 1.90. The van der Waals surface area contributed by atoms with Gasteiger partial charge in [0.2, 0.25) is 0 Å². The Kier molecular flexibility index (Phi) is 3.39. The number of piperidine rings is 1. The van der Waals surface area contributed by atoms with E-state index in [4.69, 9.17) is 9.47 Å². The van der Waals surface area contributed by atoms with Crippen LogP contribution in [-0.4, -0.2) is 43.8 Å². The van der Waals surface area contributed by atoms with Crippen molar-refractivity contribution in [2.24, 2.45) is 5.92 Å². The van der Waals surface area contributed by atoms with Crippen LogP contribution in [0.4, 0.5) is 0 Å². The van der Waals surface area contributed by atoms with E-state index in [1.165, 1.54) is 0 Å². The fourth-order valence-electron chi connectivity index (χ4n) is 5.17. The van der Waals surface area contributed by atoms with E-state index in [-0.39, 0.29) is 23.1 Å². The molecule has 1 aromatic rings. The van der Waals surface area contributed by atoms with Gasteiger partial charge in [0.05, 0.1) is 7.11 Å². The lowest BCUT2D eigenvalue weighted by Crippen LogP contribution is -2.62. The lowest BCUT2D eigenvalue weighted by atomic mass is 9.52. The van der Waals surface area contributed by atoms with Gasteiger partial charge in [0.15, 0.2) is 17.3 Å². The molecule has 0 aromatic heterocycles. The summed E-state index contributed by atoms with van der Waals surface area (Å²) in [6, 6.07) is 4.21. The number of ether oxygens (including phenoxy) is 2. The number of hydrogen-bond acceptors (Lipinski definition) is 5. The van der Waals surface area contributed by atoms with Gasteiger partial charge in [-0.25, -0.2) is 0 Å². The summed E-state index contributed by atoms with van der Waals surface area (Å²) in [5, 5.41) is 14.4. The SMILES string of the molecule is COc1ccc2c(c1O)[C@]13CCN[C@H](C2)C1CC(OC)C(=O)C3. The Morgan fingerprint density at radius 2 is 2.17 bits per heavy atom. The molecular weight excluding hydrogens is 294 g/mol. The highest BCUT2D eigenvalue weighted by atomic mass is 16.5. The topological polar surface area (TPSA) is 67.8 Å². The Morgan fingerprint density at radius 3 is 2.91 bits per heavy atom. The molecule has 3 aliphatic rings. The number of fused-ring (bicyclic) bond motifs is 1. The molecule has 1 aliphatic heterocycles. The van der Waals surface area contributed by atoms with Crippen molar-refractivity contribution in [3.05, 3.63) is 23.3 Å². The lowest BCUT2D eigenvalue weighted by molar-refractivity contribution is -0.138. The van der Waals surface area contributed by atoms with Crippen LogP contribution < -0.4 is 10.1 Å². The van der Waals surface area contributed by atoms with Crippen LogP contribution in [0.15, 0.2) is 12.1 Å². The maximum atomic E-state index is 12.6. The zero-order valence-electron chi connectivity index (χ0n) is 13.6. The van der Waals surface area contributed by atoms with Gasteiger partial charge < -0.3 is 19.9 Å². The van der Waals surface area contributed by atoms with E-state index in [1.807, 2.05) is 12.1 Å². The molecule has 2 bridgehead atoms. The summed E-state index contributed by atoms with van der Waals surface area (Å²) in [4.78, 5) is 12.6. The molecule has 5 heteroatoms. The molecule has 2 unspecified atom stereocenters. The van der Waals surface area contributed by atoms with Crippen molar-refractivity contribution in [3.8, 4) is 11.5 Å². The molecule has 5 nitrogen and oxygen atoms in total. The number of rotatable bonds is 2. The Labute approximate surface area is 136 Å². The lowest BCUT2D eigenvalue weighted by Gasteiger charge is -2.56. The van der Waals surface area contributed by atoms with Crippen molar-refractivity contribution in [1.82, 2.24) is 5.32 Å². The van der Waals surface area contributed by atoms with Crippen LogP contribution in [0, 0.1) is 5.92 Å². The monoisotopic (exact) mass is 317 g/mol. The number of benzene rings is 1. The number of phenols is 1. The van der Waals surface area contributed by atoms with E-state index in [0.717, 1.165) is 36.9 Å². The molecular formula is C18H23NO4. The average molecular weight is 317 g/mol. The Morgan fingerprint density at radius 1 is 1.35 bits per heavy atom. The summed E-state index contributed by atoms with van der Waals surface area (Å²) in [7, 11) is 3.18. The fourth-order valence-corrected chi connectivity index (χ4v) is 5.17. The van der Waals surface area contributed by atoms with Crippen molar-refractivity contribution >= 4 is 5.78 Å². The third-order valence-electron chi connectivity index (χ3n) is 6.16. The molecule has 1 saturated heterocycles. The molecule has 0 spiro atoms. The summed E-state index contributed by atoms with van der Waals surface area (Å²) in [5.41, 5.74) is 1.80. The standard InChI is InChI=1S/C18H23NO4/c1-22-14-4-3-10-7-12-11-8-15(23-2)13(20)9-18(11,5-6-19-12)16(10)17(14)21/h3-4,11-12,15,19,21H,5-9H2,1-2H3/t11?,12-,15?,18+/m1/s1. The number of aromatic hydroxyl groups is 1. The van der Waals surface area contributed by atoms with Crippen molar-refractivity contribution in [2.45, 2.75) is 43.2 Å². The molecule has 2 fully saturated rings. The molecule has 0 amide bonds. The van der Waals surface area contributed by atoms with Crippen LogP contribution in [0.25, 0.3) is 0 Å². The van der Waals surface area contributed by atoms with E-state index >= 15 is 0 Å². The predicted molar refractivity (Wildman–Crippen MR) is 85.0 cm³/mol. The first-order valence-electron chi connectivity index (χ1n) is 8.29. The van der Waals surface area contributed by atoms with E-state index in [0.29, 0.717) is 24.1 Å². The number of ketones is 1. The van der Waals surface area contributed by atoms with E-state index in [1.54, 1.807) is 14.2 Å². The van der Waals surface area contributed by atoms with Gasteiger partial charge in [-0.1, -0.05) is 6.07 Å². The highest BCUT2D eigenvalue weighted by Gasteiger charge is 2.57. The molecule has 4 atom stereocenters. The van der Waals surface area contributed by atoms with Gasteiger partial charge in [-0.15, -0.1) is 0 Å². The van der Waals surface area contributed by atoms with Crippen LogP contribution in [0.5, 0.6) is 11.5 Å². The zero-order valence-corrected chi connectivity index (χ0v) is 13.6. The van der Waals surface area contributed by atoms with Crippen molar-refractivity contribution in [3.63, 3.8) is 0 Å². The molecule has 23 heavy (non-hydrogen) atoms. The third-order valence-corrected chi connectivity index (χ3v) is 6.16. The highest BCUT2D eigenvalue weighted by Crippen LogP contribution is 2.57. The molecule has 124 valence electrons. The number of hydrogen-bond donors (Lipinski definition) is 2. The number of nitrogens with one attached hydrogen (secondary N) is 1. The maximum absolute atomic E-state index is 12.6. The summed E-state index contributed by atoms with van der Waals surface area (Å²) in [6.07, 6.45) is 2.60. The molecule has 4 rings (SSSR count). The van der Waals surface area contributed by atoms with Gasteiger partial charge >= 0.3 is 0 Å². The first-order chi connectivity index (χ1) is 11.1. The second-order valence-electron chi connectivity index (χ2n) is 7.03. The zero-order chi connectivity index (χ0) is 16.2. The summed E-state index contributed by atoms with van der Waals surface area (Å²) < 4.78 is 10.7. The largest absolute Gasteiger partial charge is 0.504 e. The quantitative estimate of drug-likeness (QED) is 0.866. The van der Waals surface area contributed by atoms with Crippen LogP contribution in [0.2, 0.25) is 0 Å². The van der Waals surface area contributed by atoms with Gasteiger partial charge in [0.1, 0.15) is 6.10 Å². The van der Waals surface area contributed by atoms with Gasteiger partial charge in [0, 0.05) is 30.6 Å². The fraction of sp³-hybridized carbons (Fsp3) is 0.611. The number of phenolic OH excluding ortho intramolecular Hbond substituents is 1. The van der Waals surface area contributed by atoms with Crippen molar-refractivity contribution in [2.75, 3.05) is 20.8 Å². The molecule has 2 aliphatic carbocycles. The number of carbonyl (C=O) groups is 1. The first-order valence-corrected chi connectivity index (χ1v) is 8.29. The molecule has 0 radical (unpaired) electrons.